The van der Waals surface area contributed by atoms with E-state index in [1.165, 1.54) is 0 Å². The zero-order chi connectivity index (χ0) is 13.7. The highest BCUT2D eigenvalue weighted by Gasteiger charge is 2.03. The Morgan fingerprint density at radius 2 is 2.21 bits per heavy atom. The van der Waals surface area contributed by atoms with E-state index in [4.69, 9.17) is 4.74 Å². The molecule has 102 valence electrons. The smallest absolute Gasteiger partial charge is 0.226 e. The number of aryl methyl sites for hydroxylation is 2. The summed E-state index contributed by atoms with van der Waals surface area (Å²) in [5.41, 5.74) is 1.97. The molecule has 0 bridgehead atoms. The lowest BCUT2D eigenvalue weighted by molar-refractivity contribution is 0.305. The molecule has 0 saturated heterocycles. The van der Waals surface area contributed by atoms with Gasteiger partial charge in [0.05, 0.1) is 12.8 Å². The van der Waals surface area contributed by atoms with E-state index in [9.17, 15) is 0 Å². The number of nitrogens with zero attached hydrogens (tertiary/aromatic N) is 4. The Kier molecular flexibility index (Phi) is 4.33. The molecule has 2 heterocycles. The summed E-state index contributed by atoms with van der Waals surface area (Å²) in [6.45, 7) is 5.30. The number of aromatic nitrogens is 4. The Labute approximate surface area is 112 Å². The Morgan fingerprint density at radius 3 is 2.89 bits per heavy atom. The van der Waals surface area contributed by atoms with Crippen LogP contribution in [0.4, 0.5) is 5.95 Å². The molecule has 0 aliphatic heterocycles. The maximum absolute atomic E-state index is 5.53. The molecule has 0 amide bonds. The van der Waals surface area contributed by atoms with Crippen molar-refractivity contribution in [3.63, 3.8) is 0 Å². The van der Waals surface area contributed by atoms with Gasteiger partial charge in [-0.3, -0.25) is 4.68 Å². The van der Waals surface area contributed by atoms with Gasteiger partial charge >= 0.3 is 0 Å². The Hall–Kier alpha value is -2.11. The average Bonchev–Trinajstić information content (AvgIpc) is 2.79. The van der Waals surface area contributed by atoms with Gasteiger partial charge < -0.3 is 10.1 Å². The molecule has 6 nitrogen and oxygen atoms in total. The summed E-state index contributed by atoms with van der Waals surface area (Å²) in [5, 5.41) is 7.29. The zero-order valence-electron chi connectivity index (χ0n) is 11.6. The molecular formula is C13H19N5O. The van der Waals surface area contributed by atoms with Crippen LogP contribution in [0.2, 0.25) is 0 Å². The molecule has 19 heavy (non-hydrogen) atoms. The van der Waals surface area contributed by atoms with Crippen molar-refractivity contribution in [2.75, 3.05) is 11.9 Å². The van der Waals surface area contributed by atoms with Crippen molar-refractivity contribution in [1.82, 2.24) is 19.7 Å². The number of rotatable bonds is 6. The molecule has 0 atom stereocenters. The minimum atomic E-state index is 0.579. The SMILES string of the molecule is CCCOc1cc(C)nc(NCc2cnn(C)c2)n1. The fourth-order valence-electron chi connectivity index (χ4n) is 1.64. The van der Waals surface area contributed by atoms with Gasteiger partial charge in [-0.1, -0.05) is 6.92 Å². The number of nitrogens with one attached hydrogen (secondary N) is 1. The van der Waals surface area contributed by atoms with E-state index in [2.05, 4.69) is 27.3 Å². The lowest BCUT2D eigenvalue weighted by Gasteiger charge is -2.08. The van der Waals surface area contributed by atoms with Gasteiger partial charge in [-0.15, -0.1) is 0 Å². The number of anilines is 1. The fraction of sp³-hybridized carbons (Fsp3) is 0.462. The maximum Gasteiger partial charge on any atom is 0.226 e. The maximum atomic E-state index is 5.53. The standard InChI is InChI=1S/C13H19N5O/c1-4-5-19-12-6-10(2)16-13(17-12)14-7-11-8-15-18(3)9-11/h6,8-9H,4-5,7H2,1-3H3,(H,14,16,17). The number of ether oxygens (including phenoxy) is 1. The van der Waals surface area contributed by atoms with Crippen LogP contribution in [-0.4, -0.2) is 26.4 Å². The predicted octanol–water partition coefficient (Wildman–Crippen LogP) is 1.92. The third-order valence-electron chi connectivity index (χ3n) is 2.49. The van der Waals surface area contributed by atoms with Crippen LogP contribution in [0.1, 0.15) is 24.6 Å². The van der Waals surface area contributed by atoms with E-state index in [1.807, 2.05) is 32.4 Å². The van der Waals surface area contributed by atoms with Gasteiger partial charge in [0.1, 0.15) is 0 Å². The van der Waals surface area contributed by atoms with Crippen molar-refractivity contribution < 1.29 is 4.74 Å². The largest absolute Gasteiger partial charge is 0.478 e. The van der Waals surface area contributed by atoms with Crippen molar-refractivity contribution in [3.05, 3.63) is 29.7 Å². The van der Waals surface area contributed by atoms with Crippen LogP contribution in [0.15, 0.2) is 18.5 Å². The minimum absolute atomic E-state index is 0.579. The molecule has 0 radical (unpaired) electrons. The van der Waals surface area contributed by atoms with Gasteiger partial charge in [-0.2, -0.15) is 10.1 Å². The molecule has 6 heteroatoms. The Bertz CT molecular complexity index is 538. The first kappa shape index (κ1) is 13.3. The first-order valence-corrected chi connectivity index (χ1v) is 6.37. The van der Waals surface area contributed by atoms with Crippen molar-refractivity contribution in [2.45, 2.75) is 26.8 Å². The first-order valence-electron chi connectivity index (χ1n) is 6.37. The number of hydrogen-bond donors (Lipinski definition) is 1. The van der Waals surface area contributed by atoms with E-state index in [-0.39, 0.29) is 0 Å². The van der Waals surface area contributed by atoms with E-state index in [1.54, 1.807) is 4.68 Å². The second-order valence-corrected chi connectivity index (χ2v) is 4.40. The molecule has 2 aromatic heterocycles. The van der Waals surface area contributed by atoms with E-state index >= 15 is 0 Å². The quantitative estimate of drug-likeness (QED) is 0.860. The van der Waals surface area contributed by atoms with Gasteiger partial charge in [0.2, 0.25) is 11.8 Å². The molecule has 0 unspecified atom stereocenters. The van der Waals surface area contributed by atoms with Crippen molar-refractivity contribution >= 4 is 5.95 Å². The highest BCUT2D eigenvalue weighted by atomic mass is 16.5. The fourth-order valence-corrected chi connectivity index (χ4v) is 1.64. The molecule has 0 aliphatic carbocycles. The lowest BCUT2D eigenvalue weighted by atomic mass is 10.3. The van der Waals surface area contributed by atoms with Crippen LogP contribution in [0.5, 0.6) is 5.88 Å². The van der Waals surface area contributed by atoms with E-state index < -0.39 is 0 Å². The van der Waals surface area contributed by atoms with Gasteiger partial charge in [0.25, 0.3) is 0 Å². The van der Waals surface area contributed by atoms with Crippen LogP contribution in [0.25, 0.3) is 0 Å². The van der Waals surface area contributed by atoms with Crippen molar-refractivity contribution in [3.8, 4) is 5.88 Å². The molecule has 0 saturated carbocycles. The molecule has 2 rings (SSSR count). The second kappa shape index (κ2) is 6.17. The summed E-state index contributed by atoms with van der Waals surface area (Å²) in [6, 6.07) is 1.84. The summed E-state index contributed by atoms with van der Waals surface area (Å²) in [4.78, 5) is 8.66. The molecule has 0 fully saturated rings. The third kappa shape index (κ3) is 3.94. The minimum Gasteiger partial charge on any atom is -0.478 e. The van der Waals surface area contributed by atoms with Gasteiger partial charge in [0.15, 0.2) is 0 Å². The average molecular weight is 261 g/mol. The van der Waals surface area contributed by atoms with Crippen molar-refractivity contribution in [1.29, 1.82) is 0 Å². The van der Waals surface area contributed by atoms with Crippen LogP contribution < -0.4 is 10.1 Å². The molecule has 0 spiro atoms. The normalized spacial score (nSPS) is 10.5. The second-order valence-electron chi connectivity index (χ2n) is 4.40. The van der Waals surface area contributed by atoms with E-state index in [0.29, 0.717) is 25.0 Å². The summed E-state index contributed by atoms with van der Waals surface area (Å²) < 4.78 is 7.29. The van der Waals surface area contributed by atoms with E-state index in [0.717, 1.165) is 17.7 Å². The summed E-state index contributed by atoms with van der Waals surface area (Å²) in [6.07, 6.45) is 4.73. The predicted molar refractivity (Wildman–Crippen MR) is 73.1 cm³/mol. The summed E-state index contributed by atoms with van der Waals surface area (Å²) in [5.74, 6) is 1.19. The van der Waals surface area contributed by atoms with Crippen molar-refractivity contribution in [2.24, 2.45) is 7.05 Å². The Morgan fingerprint density at radius 1 is 1.37 bits per heavy atom. The van der Waals surface area contributed by atoms with Gasteiger partial charge in [0, 0.05) is 37.1 Å². The van der Waals surface area contributed by atoms with Gasteiger partial charge in [-0.05, 0) is 13.3 Å². The summed E-state index contributed by atoms with van der Waals surface area (Å²) in [7, 11) is 1.89. The van der Waals surface area contributed by atoms with Crippen LogP contribution in [0, 0.1) is 6.92 Å². The summed E-state index contributed by atoms with van der Waals surface area (Å²) >= 11 is 0. The van der Waals surface area contributed by atoms with Crippen LogP contribution in [0.3, 0.4) is 0 Å². The highest BCUT2D eigenvalue weighted by molar-refractivity contribution is 5.31. The van der Waals surface area contributed by atoms with Crippen LogP contribution in [-0.2, 0) is 13.6 Å². The molecule has 0 aromatic carbocycles. The highest BCUT2D eigenvalue weighted by Crippen LogP contribution is 2.13. The molecule has 2 aromatic rings. The van der Waals surface area contributed by atoms with Gasteiger partial charge in [-0.25, -0.2) is 4.98 Å². The van der Waals surface area contributed by atoms with Crippen LogP contribution >= 0.6 is 0 Å². The Balaban J connectivity index is 2.01. The zero-order valence-corrected chi connectivity index (χ0v) is 11.6. The molecule has 0 aliphatic rings. The molecule has 1 N–H and O–H groups in total. The number of hydrogen-bond acceptors (Lipinski definition) is 5. The topological polar surface area (TPSA) is 64.9 Å². The monoisotopic (exact) mass is 261 g/mol. The third-order valence-corrected chi connectivity index (χ3v) is 2.49. The first-order chi connectivity index (χ1) is 9.17. The molecular weight excluding hydrogens is 242 g/mol. The lowest BCUT2D eigenvalue weighted by Crippen LogP contribution is -2.06.